The van der Waals surface area contributed by atoms with Crippen LogP contribution in [0.5, 0.6) is 0 Å². The van der Waals surface area contributed by atoms with Gasteiger partial charge >= 0.3 is 6.18 Å². The van der Waals surface area contributed by atoms with Crippen molar-refractivity contribution in [2.75, 3.05) is 0 Å². The van der Waals surface area contributed by atoms with E-state index in [1.165, 1.54) is 11.3 Å². The molecular weight excluding hydrogens is 227 g/mol. The van der Waals surface area contributed by atoms with E-state index in [9.17, 15) is 13.2 Å². The van der Waals surface area contributed by atoms with Crippen molar-refractivity contribution in [1.29, 1.82) is 0 Å². The third-order valence-corrected chi connectivity index (χ3v) is 2.52. The molecule has 0 fully saturated rings. The highest BCUT2D eigenvalue weighted by Gasteiger charge is 2.33. The summed E-state index contributed by atoms with van der Waals surface area (Å²) in [6, 6.07) is 0. The lowest BCUT2D eigenvalue weighted by molar-refractivity contribution is -0.140. The number of hydrogen-bond donors (Lipinski definition) is 1. The van der Waals surface area contributed by atoms with Gasteiger partial charge in [-0.3, -0.25) is 0 Å². The van der Waals surface area contributed by atoms with Gasteiger partial charge in [-0.25, -0.2) is 9.97 Å². The van der Waals surface area contributed by atoms with Crippen LogP contribution in [0.2, 0.25) is 0 Å². The summed E-state index contributed by atoms with van der Waals surface area (Å²) in [7, 11) is 0. The molecule has 0 aromatic carbocycles. The first-order valence-corrected chi connectivity index (χ1v) is 4.89. The molecule has 2 heterocycles. The highest BCUT2D eigenvalue weighted by atomic mass is 32.1. The second-order valence-electron chi connectivity index (χ2n) is 2.90. The third kappa shape index (κ3) is 2.01. The highest BCUT2D eigenvalue weighted by molar-refractivity contribution is 7.09. The molecule has 2 aromatic heterocycles. The molecule has 0 bridgehead atoms. The van der Waals surface area contributed by atoms with E-state index >= 15 is 0 Å². The Morgan fingerprint density at radius 1 is 1.40 bits per heavy atom. The van der Waals surface area contributed by atoms with Crippen LogP contribution in [-0.2, 0) is 6.18 Å². The van der Waals surface area contributed by atoms with Crippen molar-refractivity contribution in [3.05, 3.63) is 22.3 Å². The van der Waals surface area contributed by atoms with Gasteiger partial charge in [0, 0.05) is 5.38 Å². The van der Waals surface area contributed by atoms with Crippen molar-refractivity contribution >= 4 is 11.3 Å². The number of nitrogens with zero attached hydrogens (tertiary/aromatic N) is 2. The van der Waals surface area contributed by atoms with Gasteiger partial charge in [-0.15, -0.1) is 11.3 Å². The Hall–Kier alpha value is -1.37. The molecule has 0 aliphatic carbocycles. The Balaban J connectivity index is 2.36. The fraction of sp³-hybridized carbons (Fsp3) is 0.250. The van der Waals surface area contributed by atoms with Gasteiger partial charge in [0.25, 0.3) is 0 Å². The number of alkyl halides is 3. The summed E-state index contributed by atoms with van der Waals surface area (Å²) >= 11 is 1.36. The lowest BCUT2D eigenvalue weighted by atomic mass is 10.4. The van der Waals surface area contributed by atoms with E-state index in [-0.39, 0.29) is 5.82 Å². The molecule has 3 nitrogen and oxygen atoms in total. The minimum atomic E-state index is -4.39. The Labute approximate surface area is 87.0 Å². The molecule has 1 N–H and O–H groups in total. The molecule has 0 unspecified atom stereocenters. The molecule has 0 radical (unpaired) electrons. The van der Waals surface area contributed by atoms with Gasteiger partial charge in [0.1, 0.15) is 11.4 Å². The maximum absolute atomic E-state index is 12.2. The van der Waals surface area contributed by atoms with E-state index < -0.39 is 11.9 Å². The summed E-state index contributed by atoms with van der Waals surface area (Å²) in [5.41, 5.74) is -0.420. The van der Waals surface area contributed by atoms with Crippen LogP contribution in [0, 0.1) is 6.92 Å². The summed E-state index contributed by atoms with van der Waals surface area (Å²) in [5.74, 6) is 0.145. The minimum absolute atomic E-state index is 0.145. The zero-order valence-corrected chi connectivity index (χ0v) is 8.41. The van der Waals surface area contributed by atoms with Crippen molar-refractivity contribution in [2.24, 2.45) is 0 Å². The monoisotopic (exact) mass is 233 g/mol. The second-order valence-corrected chi connectivity index (χ2v) is 3.96. The maximum Gasteiger partial charge on any atom is 0.432 e. The number of nitrogens with one attached hydrogen (secondary N) is 1. The number of thiazole rings is 1. The number of halogens is 3. The maximum atomic E-state index is 12.2. The molecule has 0 amide bonds. The number of aryl methyl sites for hydroxylation is 1. The van der Waals surface area contributed by atoms with Crippen molar-refractivity contribution in [1.82, 2.24) is 15.0 Å². The van der Waals surface area contributed by atoms with E-state index in [1.807, 2.05) is 0 Å². The van der Waals surface area contributed by atoms with E-state index in [0.717, 1.165) is 11.2 Å². The van der Waals surface area contributed by atoms with Gasteiger partial charge in [-0.2, -0.15) is 13.2 Å². The molecule has 0 saturated carbocycles. The number of rotatable bonds is 1. The molecule has 0 saturated heterocycles. The van der Waals surface area contributed by atoms with Crippen molar-refractivity contribution in [3.8, 4) is 11.5 Å². The fourth-order valence-corrected chi connectivity index (χ4v) is 1.67. The normalized spacial score (nSPS) is 12.0. The Kier molecular flexibility index (Phi) is 2.26. The Morgan fingerprint density at radius 3 is 2.60 bits per heavy atom. The first kappa shape index (κ1) is 10.2. The van der Waals surface area contributed by atoms with Gasteiger partial charge in [-0.1, -0.05) is 0 Å². The van der Waals surface area contributed by atoms with Crippen LogP contribution in [0.15, 0.2) is 11.6 Å². The Morgan fingerprint density at radius 2 is 2.13 bits per heavy atom. The van der Waals surface area contributed by atoms with Crippen LogP contribution in [0.3, 0.4) is 0 Å². The van der Waals surface area contributed by atoms with Gasteiger partial charge in [-0.05, 0) is 6.92 Å². The molecule has 7 heteroatoms. The molecule has 0 atom stereocenters. The average Bonchev–Trinajstić information content (AvgIpc) is 2.69. The largest absolute Gasteiger partial charge is 0.432 e. The average molecular weight is 233 g/mol. The molecule has 80 valence electrons. The van der Waals surface area contributed by atoms with E-state index in [4.69, 9.17) is 0 Å². The van der Waals surface area contributed by atoms with E-state index in [0.29, 0.717) is 5.69 Å². The molecule has 0 spiro atoms. The predicted molar refractivity (Wildman–Crippen MR) is 49.4 cm³/mol. The number of aromatic amines is 1. The summed E-state index contributed by atoms with van der Waals surface area (Å²) < 4.78 is 36.7. The zero-order valence-electron chi connectivity index (χ0n) is 7.59. The quantitative estimate of drug-likeness (QED) is 0.822. The van der Waals surface area contributed by atoms with Gasteiger partial charge in [0.2, 0.25) is 0 Å². The first-order valence-electron chi connectivity index (χ1n) is 4.01. The first-order chi connectivity index (χ1) is 6.97. The van der Waals surface area contributed by atoms with E-state index in [1.54, 1.807) is 12.3 Å². The van der Waals surface area contributed by atoms with E-state index in [2.05, 4.69) is 15.0 Å². The molecule has 15 heavy (non-hydrogen) atoms. The Bertz CT molecular complexity index is 471. The summed E-state index contributed by atoms with van der Waals surface area (Å²) in [6.45, 7) is 1.78. The lowest BCUT2D eigenvalue weighted by Gasteiger charge is -2.00. The van der Waals surface area contributed by atoms with Crippen LogP contribution in [-0.4, -0.2) is 15.0 Å². The molecular formula is C8H6F3N3S. The fourth-order valence-electron chi connectivity index (χ4n) is 1.07. The van der Waals surface area contributed by atoms with Crippen molar-refractivity contribution in [2.45, 2.75) is 13.1 Å². The standard InChI is InChI=1S/C8H6F3N3S/c1-4-13-5(3-15-4)7-12-2-6(14-7)8(9,10)11/h2-3H,1H3,(H,12,14). The molecule has 2 rings (SSSR count). The van der Waals surface area contributed by atoms with Gasteiger partial charge in [0.15, 0.2) is 5.82 Å². The SMILES string of the molecule is Cc1nc(-c2ncc(C(F)(F)F)[nH]2)cs1. The molecule has 0 aliphatic heterocycles. The number of H-pyrrole nitrogens is 1. The van der Waals surface area contributed by atoms with Crippen LogP contribution in [0.4, 0.5) is 13.2 Å². The van der Waals surface area contributed by atoms with Crippen molar-refractivity contribution < 1.29 is 13.2 Å². The molecule has 2 aromatic rings. The van der Waals surface area contributed by atoms with Crippen LogP contribution in [0.25, 0.3) is 11.5 Å². The zero-order chi connectivity index (χ0) is 11.1. The third-order valence-electron chi connectivity index (χ3n) is 1.74. The van der Waals surface area contributed by atoms with Gasteiger partial charge in [0.05, 0.1) is 11.2 Å². The number of imidazole rings is 1. The van der Waals surface area contributed by atoms with Crippen LogP contribution >= 0.6 is 11.3 Å². The summed E-state index contributed by atoms with van der Waals surface area (Å²) in [4.78, 5) is 9.86. The molecule has 0 aliphatic rings. The topological polar surface area (TPSA) is 41.6 Å². The number of hydrogen-bond acceptors (Lipinski definition) is 3. The second kappa shape index (κ2) is 3.34. The smallest absolute Gasteiger partial charge is 0.333 e. The summed E-state index contributed by atoms with van der Waals surface area (Å²) in [5, 5.41) is 2.45. The lowest BCUT2D eigenvalue weighted by Crippen LogP contribution is -2.04. The summed E-state index contributed by atoms with van der Waals surface area (Å²) in [6.07, 6.45) is -3.62. The number of aromatic nitrogens is 3. The van der Waals surface area contributed by atoms with Crippen molar-refractivity contribution in [3.63, 3.8) is 0 Å². The minimum Gasteiger partial charge on any atom is -0.333 e. The van der Waals surface area contributed by atoms with Gasteiger partial charge < -0.3 is 4.98 Å². The van der Waals surface area contributed by atoms with Crippen LogP contribution < -0.4 is 0 Å². The van der Waals surface area contributed by atoms with Crippen LogP contribution in [0.1, 0.15) is 10.7 Å². The highest BCUT2D eigenvalue weighted by Crippen LogP contribution is 2.29. The predicted octanol–water partition coefficient (Wildman–Crippen LogP) is 2.86.